The summed E-state index contributed by atoms with van der Waals surface area (Å²) in [6.45, 7) is 6.45. The second kappa shape index (κ2) is 6.35. The van der Waals surface area contributed by atoms with Gasteiger partial charge in [0.05, 0.1) is 13.2 Å². The molecular weight excluding hydrogens is 164 g/mol. The second-order valence-corrected chi connectivity index (χ2v) is 3.96. The van der Waals surface area contributed by atoms with Gasteiger partial charge < -0.3 is 14.5 Å². The highest BCUT2D eigenvalue weighted by atomic mass is 16.5. The van der Waals surface area contributed by atoms with Gasteiger partial charge in [-0.1, -0.05) is 0 Å². The first-order valence-electron chi connectivity index (χ1n) is 5.24. The van der Waals surface area contributed by atoms with Crippen LogP contribution in [0.2, 0.25) is 0 Å². The molecule has 1 fully saturated rings. The highest BCUT2D eigenvalue weighted by Crippen LogP contribution is 2.05. The van der Waals surface area contributed by atoms with E-state index in [0.29, 0.717) is 0 Å². The molecule has 0 aromatic heterocycles. The normalized spacial score (nSPS) is 18.7. The maximum absolute atomic E-state index is 5.52. The van der Waals surface area contributed by atoms with Gasteiger partial charge in [0, 0.05) is 13.1 Å². The first kappa shape index (κ1) is 11.0. The third-order valence-corrected chi connectivity index (χ3v) is 2.43. The molecule has 0 aliphatic carbocycles. The van der Waals surface area contributed by atoms with E-state index < -0.39 is 0 Å². The van der Waals surface area contributed by atoms with Crippen LogP contribution in [0.15, 0.2) is 0 Å². The molecule has 1 aliphatic heterocycles. The number of hydrogen-bond donors (Lipinski definition) is 0. The molecule has 0 aromatic carbocycles. The molecule has 1 saturated heterocycles. The molecule has 0 unspecified atom stereocenters. The van der Waals surface area contributed by atoms with E-state index in [1.165, 1.54) is 25.9 Å². The fraction of sp³-hybridized carbons (Fsp3) is 1.00. The number of rotatable bonds is 6. The summed E-state index contributed by atoms with van der Waals surface area (Å²) in [5, 5.41) is 0. The highest BCUT2D eigenvalue weighted by molar-refractivity contribution is 4.65. The van der Waals surface area contributed by atoms with Crippen LogP contribution < -0.4 is 0 Å². The lowest BCUT2D eigenvalue weighted by molar-refractivity contribution is 0.0985. The number of ether oxygens (including phenoxy) is 1. The van der Waals surface area contributed by atoms with Crippen molar-refractivity contribution in [2.24, 2.45) is 0 Å². The van der Waals surface area contributed by atoms with Crippen LogP contribution in [0.1, 0.15) is 12.8 Å². The van der Waals surface area contributed by atoms with Crippen LogP contribution in [0.5, 0.6) is 0 Å². The minimum atomic E-state index is 0.862. The zero-order valence-corrected chi connectivity index (χ0v) is 8.96. The van der Waals surface area contributed by atoms with E-state index in [0.717, 1.165) is 26.3 Å². The van der Waals surface area contributed by atoms with Crippen LogP contribution in [-0.4, -0.2) is 63.3 Å². The molecule has 1 aliphatic rings. The van der Waals surface area contributed by atoms with Crippen LogP contribution in [0.3, 0.4) is 0 Å². The van der Waals surface area contributed by atoms with Gasteiger partial charge >= 0.3 is 0 Å². The standard InChI is InChI=1S/C10H22N2O/c1-11(2)7-9-13-10-8-12-5-3-4-6-12/h3-10H2,1-2H3. The van der Waals surface area contributed by atoms with Gasteiger partial charge in [0.15, 0.2) is 0 Å². The Morgan fingerprint density at radius 3 is 2.46 bits per heavy atom. The Morgan fingerprint density at radius 1 is 1.15 bits per heavy atom. The van der Waals surface area contributed by atoms with Crippen molar-refractivity contribution >= 4 is 0 Å². The molecule has 1 rings (SSSR count). The Bertz CT molecular complexity index is 122. The van der Waals surface area contributed by atoms with E-state index in [4.69, 9.17) is 4.74 Å². The predicted octanol–water partition coefficient (Wildman–Crippen LogP) is 0.660. The lowest BCUT2D eigenvalue weighted by Gasteiger charge is -2.15. The average Bonchev–Trinajstić information content (AvgIpc) is 2.55. The predicted molar refractivity (Wildman–Crippen MR) is 55.0 cm³/mol. The first-order chi connectivity index (χ1) is 6.29. The molecule has 0 N–H and O–H groups in total. The minimum absolute atomic E-state index is 0.862. The SMILES string of the molecule is CN(C)CCOCCN1CCCC1. The van der Waals surface area contributed by atoms with Crippen molar-refractivity contribution in [3.8, 4) is 0 Å². The zero-order chi connectivity index (χ0) is 9.52. The summed E-state index contributed by atoms with van der Waals surface area (Å²) in [7, 11) is 4.15. The molecule has 0 saturated carbocycles. The summed E-state index contributed by atoms with van der Waals surface area (Å²) < 4.78 is 5.52. The Morgan fingerprint density at radius 2 is 1.85 bits per heavy atom. The van der Waals surface area contributed by atoms with E-state index in [2.05, 4.69) is 23.9 Å². The Hall–Kier alpha value is -0.120. The maximum Gasteiger partial charge on any atom is 0.0594 e. The van der Waals surface area contributed by atoms with Gasteiger partial charge in [0.2, 0.25) is 0 Å². The van der Waals surface area contributed by atoms with Crippen LogP contribution in [0.25, 0.3) is 0 Å². The third-order valence-electron chi connectivity index (χ3n) is 2.43. The largest absolute Gasteiger partial charge is 0.379 e. The quantitative estimate of drug-likeness (QED) is 0.567. The number of likely N-dealkylation sites (tertiary alicyclic amines) is 1. The van der Waals surface area contributed by atoms with Crippen molar-refractivity contribution < 1.29 is 4.74 Å². The van der Waals surface area contributed by atoms with Crippen molar-refractivity contribution in [1.82, 2.24) is 9.80 Å². The van der Waals surface area contributed by atoms with Gasteiger partial charge in [0.25, 0.3) is 0 Å². The molecule has 78 valence electrons. The van der Waals surface area contributed by atoms with Crippen molar-refractivity contribution in [2.45, 2.75) is 12.8 Å². The summed E-state index contributed by atoms with van der Waals surface area (Å²) in [6.07, 6.45) is 2.75. The topological polar surface area (TPSA) is 15.7 Å². The van der Waals surface area contributed by atoms with Gasteiger partial charge in [-0.05, 0) is 40.0 Å². The van der Waals surface area contributed by atoms with E-state index in [-0.39, 0.29) is 0 Å². The molecule has 1 heterocycles. The highest BCUT2D eigenvalue weighted by Gasteiger charge is 2.09. The van der Waals surface area contributed by atoms with E-state index >= 15 is 0 Å². The summed E-state index contributed by atoms with van der Waals surface area (Å²) in [5.41, 5.74) is 0. The Kier molecular flexibility index (Phi) is 5.35. The molecule has 0 aromatic rings. The van der Waals surface area contributed by atoms with E-state index in [1.54, 1.807) is 0 Å². The molecular formula is C10H22N2O. The molecule has 0 amide bonds. The number of likely N-dealkylation sites (N-methyl/N-ethyl adjacent to an activating group) is 1. The van der Waals surface area contributed by atoms with Crippen LogP contribution in [0, 0.1) is 0 Å². The molecule has 3 nitrogen and oxygen atoms in total. The van der Waals surface area contributed by atoms with Gasteiger partial charge in [-0.25, -0.2) is 0 Å². The van der Waals surface area contributed by atoms with Crippen LogP contribution >= 0.6 is 0 Å². The molecule has 0 bridgehead atoms. The summed E-state index contributed by atoms with van der Waals surface area (Å²) >= 11 is 0. The van der Waals surface area contributed by atoms with E-state index in [1.807, 2.05) is 0 Å². The third kappa shape index (κ3) is 5.24. The van der Waals surface area contributed by atoms with Crippen molar-refractivity contribution in [1.29, 1.82) is 0 Å². The zero-order valence-electron chi connectivity index (χ0n) is 8.96. The van der Waals surface area contributed by atoms with Gasteiger partial charge in [0.1, 0.15) is 0 Å². The van der Waals surface area contributed by atoms with Gasteiger partial charge in [-0.15, -0.1) is 0 Å². The summed E-state index contributed by atoms with van der Waals surface area (Å²) in [4.78, 5) is 4.63. The lowest BCUT2D eigenvalue weighted by Crippen LogP contribution is -2.25. The first-order valence-corrected chi connectivity index (χ1v) is 5.24. The van der Waals surface area contributed by atoms with Crippen LogP contribution in [-0.2, 0) is 4.74 Å². The monoisotopic (exact) mass is 186 g/mol. The Balaban J connectivity index is 1.83. The molecule has 0 radical (unpaired) electrons. The van der Waals surface area contributed by atoms with Gasteiger partial charge in [-0.3, -0.25) is 0 Å². The smallest absolute Gasteiger partial charge is 0.0594 e. The molecule has 13 heavy (non-hydrogen) atoms. The molecule has 0 atom stereocenters. The molecule has 3 heteroatoms. The fourth-order valence-corrected chi connectivity index (χ4v) is 1.55. The lowest BCUT2D eigenvalue weighted by atomic mass is 10.4. The van der Waals surface area contributed by atoms with Gasteiger partial charge in [-0.2, -0.15) is 0 Å². The average molecular weight is 186 g/mol. The summed E-state index contributed by atoms with van der Waals surface area (Å²) in [5.74, 6) is 0. The van der Waals surface area contributed by atoms with Crippen molar-refractivity contribution in [3.63, 3.8) is 0 Å². The fourth-order valence-electron chi connectivity index (χ4n) is 1.55. The van der Waals surface area contributed by atoms with Crippen molar-refractivity contribution in [3.05, 3.63) is 0 Å². The van der Waals surface area contributed by atoms with Crippen molar-refractivity contribution in [2.75, 3.05) is 53.5 Å². The van der Waals surface area contributed by atoms with E-state index in [9.17, 15) is 0 Å². The Labute approximate surface area is 81.7 Å². The maximum atomic E-state index is 5.52. The number of hydrogen-bond acceptors (Lipinski definition) is 3. The van der Waals surface area contributed by atoms with Crippen LogP contribution in [0.4, 0.5) is 0 Å². The summed E-state index contributed by atoms with van der Waals surface area (Å²) in [6, 6.07) is 0. The minimum Gasteiger partial charge on any atom is -0.379 e. The number of nitrogens with zero attached hydrogens (tertiary/aromatic N) is 2. The second-order valence-electron chi connectivity index (χ2n) is 3.96. The molecule has 0 spiro atoms.